The van der Waals surface area contributed by atoms with Gasteiger partial charge in [-0.25, -0.2) is 0 Å². The van der Waals surface area contributed by atoms with Gasteiger partial charge in [-0.05, 0) is 42.0 Å². The van der Waals surface area contributed by atoms with E-state index in [2.05, 4.69) is 83.8 Å². The van der Waals surface area contributed by atoms with E-state index >= 15 is 0 Å². The van der Waals surface area contributed by atoms with Crippen LogP contribution in [0.5, 0.6) is 0 Å². The minimum atomic E-state index is 0.0541. The Kier molecular flexibility index (Phi) is 5.67. The number of hydrogen-bond acceptors (Lipinski definition) is 3. The van der Waals surface area contributed by atoms with E-state index in [-0.39, 0.29) is 11.8 Å². The van der Waals surface area contributed by atoms with Gasteiger partial charge in [-0.15, -0.1) is 0 Å². The number of nitrogens with one attached hydrogen (secondary N) is 1. The second-order valence-electron chi connectivity index (χ2n) is 8.37. The number of amides is 1. The molecule has 0 spiro atoms. The normalized spacial score (nSPS) is 23.0. The van der Waals surface area contributed by atoms with Gasteiger partial charge >= 0.3 is 0 Å². The third kappa shape index (κ3) is 3.93. The Hall–Kier alpha value is -2.33. The van der Waals surface area contributed by atoms with Crippen molar-refractivity contribution in [3.05, 3.63) is 65.7 Å². The maximum Gasteiger partial charge on any atom is 0.227 e. The van der Waals surface area contributed by atoms with Gasteiger partial charge in [-0.1, -0.05) is 42.5 Å². The van der Waals surface area contributed by atoms with E-state index in [4.69, 9.17) is 0 Å². The highest BCUT2D eigenvalue weighted by molar-refractivity contribution is 5.81. The zero-order valence-electron chi connectivity index (χ0n) is 17.0. The number of hydrogen-bond donors (Lipinski definition) is 1. The Balaban J connectivity index is 1.40. The molecule has 2 saturated heterocycles. The van der Waals surface area contributed by atoms with Gasteiger partial charge in [0.1, 0.15) is 0 Å². The van der Waals surface area contributed by atoms with E-state index in [0.29, 0.717) is 11.8 Å². The Morgan fingerprint density at radius 3 is 2.25 bits per heavy atom. The molecule has 0 aromatic heterocycles. The van der Waals surface area contributed by atoms with E-state index in [9.17, 15) is 4.79 Å². The molecular weight excluding hydrogens is 346 g/mol. The lowest BCUT2D eigenvalue weighted by molar-refractivity contribution is -0.136. The molecule has 2 fully saturated rings. The monoisotopic (exact) mass is 377 g/mol. The molecule has 0 bridgehead atoms. The Morgan fingerprint density at radius 1 is 0.929 bits per heavy atom. The molecule has 2 aliphatic rings. The summed E-state index contributed by atoms with van der Waals surface area (Å²) in [5, 5.41) is 3.45. The molecule has 4 nitrogen and oxygen atoms in total. The summed E-state index contributed by atoms with van der Waals surface area (Å²) in [7, 11) is 4.11. The van der Waals surface area contributed by atoms with Gasteiger partial charge in [0.25, 0.3) is 0 Å². The fourth-order valence-electron chi connectivity index (χ4n) is 4.70. The Labute approximate surface area is 168 Å². The van der Waals surface area contributed by atoms with Crippen LogP contribution in [0.15, 0.2) is 54.6 Å². The van der Waals surface area contributed by atoms with Crippen molar-refractivity contribution in [3.8, 4) is 0 Å². The van der Waals surface area contributed by atoms with E-state index in [1.54, 1.807) is 0 Å². The molecule has 28 heavy (non-hydrogen) atoms. The SMILES string of the molecule is CN(C)c1ccc([C@@H]2CNCC2C(=O)N2CCC(c3ccccc3)CC2)cc1. The molecule has 0 aliphatic carbocycles. The van der Waals surface area contributed by atoms with Gasteiger partial charge in [0, 0.05) is 51.9 Å². The number of benzene rings is 2. The van der Waals surface area contributed by atoms with Crippen molar-refractivity contribution >= 4 is 11.6 Å². The minimum absolute atomic E-state index is 0.0541. The fraction of sp³-hybridized carbons (Fsp3) is 0.458. The maximum atomic E-state index is 13.3. The summed E-state index contributed by atoms with van der Waals surface area (Å²) in [6, 6.07) is 19.4. The lowest BCUT2D eigenvalue weighted by Crippen LogP contribution is -2.43. The predicted octanol–water partition coefficient (Wildman–Crippen LogP) is 3.46. The first-order valence-corrected chi connectivity index (χ1v) is 10.4. The average Bonchev–Trinajstić information content (AvgIpc) is 3.24. The van der Waals surface area contributed by atoms with E-state index < -0.39 is 0 Å². The van der Waals surface area contributed by atoms with E-state index in [1.807, 2.05) is 0 Å². The summed E-state index contributed by atoms with van der Waals surface area (Å²) in [6.07, 6.45) is 2.14. The number of rotatable bonds is 4. The fourth-order valence-corrected chi connectivity index (χ4v) is 4.70. The van der Waals surface area contributed by atoms with Crippen LogP contribution < -0.4 is 10.2 Å². The summed E-state index contributed by atoms with van der Waals surface area (Å²) in [4.78, 5) is 17.5. The van der Waals surface area contributed by atoms with Crippen LogP contribution in [-0.4, -0.2) is 51.1 Å². The first-order valence-electron chi connectivity index (χ1n) is 10.4. The van der Waals surface area contributed by atoms with Crippen LogP contribution in [0.1, 0.15) is 35.8 Å². The first-order chi connectivity index (χ1) is 13.6. The van der Waals surface area contributed by atoms with Crippen molar-refractivity contribution in [2.45, 2.75) is 24.7 Å². The van der Waals surface area contributed by atoms with Crippen LogP contribution in [0.3, 0.4) is 0 Å². The Morgan fingerprint density at radius 2 is 1.61 bits per heavy atom. The van der Waals surface area contributed by atoms with E-state index in [1.165, 1.54) is 16.8 Å². The van der Waals surface area contributed by atoms with E-state index in [0.717, 1.165) is 39.0 Å². The second-order valence-corrected chi connectivity index (χ2v) is 8.37. The summed E-state index contributed by atoms with van der Waals surface area (Å²) < 4.78 is 0. The van der Waals surface area contributed by atoms with Crippen molar-refractivity contribution in [3.63, 3.8) is 0 Å². The minimum Gasteiger partial charge on any atom is -0.378 e. The molecule has 1 N–H and O–H groups in total. The number of carbonyl (C=O) groups is 1. The largest absolute Gasteiger partial charge is 0.378 e. The van der Waals surface area contributed by atoms with Crippen LogP contribution in [0.25, 0.3) is 0 Å². The third-order valence-corrected chi connectivity index (χ3v) is 6.45. The molecule has 2 atom stereocenters. The second kappa shape index (κ2) is 8.36. The molecular formula is C24H31N3O. The molecule has 0 radical (unpaired) electrons. The maximum absolute atomic E-state index is 13.3. The van der Waals surface area contributed by atoms with Crippen LogP contribution in [0.4, 0.5) is 5.69 Å². The lowest BCUT2D eigenvalue weighted by atomic mass is 9.85. The molecule has 2 aromatic rings. The number of likely N-dealkylation sites (tertiary alicyclic amines) is 1. The van der Waals surface area contributed by atoms with Gasteiger partial charge in [-0.3, -0.25) is 4.79 Å². The zero-order valence-corrected chi connectivity index (χ0v) is 17.0. The standard InChI is InChI=1S/C24H31N3O/c1-26(2)21-10-8-20(9-11-21)22-16-25-17-23(22)24(28)27-14-12-19(13-15-27)18-6-4-3-5-7-18/h3-11,19,22-23,25H,12-17H2,1-2H3/t22-,23?/m0/s1. The van der Waals surface area contributed by atoms with Crippen LogP contribution >= 0.6 is 0 Å². The summed E-state index contributed by atoms with van der Waals surface area (Å²) in [6.45, 7) is 3.43. The van der Waals surface area contributed by atoms with Gasteiger partial charge in [0.15, 0.2) is 0 Å². The molecule has 1 unspecified atom stereocenters. The number of nitrogens with zero attached hydrogens (tertiary/aromatic N) is 2. The van der Waals surface area contributed by atoms with Crippen LogP contribution in [-0.2, 0) is 4.79 Å². The topological polar surface area (TPSA) is 35.6 Å². The van der Waals surface area contributed by atoms with Gasteiger partial charge in [-0.2, -0.15) is 0 Å². The molecule has 1 amide bonds. The lowest BCUT2D eigenvalue weighted by Gasteiger charge is -2.35. The molecule has 4 rings (SSSR count). The highest BCUT2D eigenvalue weighted by atomic mass is 16.2. The average molecular weight is 378 g/mol. The molecule has 0 saturated carbocycles. The first kappa shape index (κ1) is 19.0. The van der Waals surface area contributed by atoms with Crippen LogP contribution in [0.2, 0.25) is 0 Å². The summed E-state index contributed by atoms with van der Waals surface area (Å²) in [5.41, 5.74) is 3.88. The number of carbonyl (C=O) groups excluding carboxylic acids is 1. The van der Waals surface area contributed by atoms with Crippen molar-refractivity contribution in [2.75, 3.05) is 45.2 Å². The molecule has 2 heterocycles. The third-order valence-electron chi connectivity index (χ3n) is 6.45. The highest BCUT2D eigenvalue weighted by Crippen LogP contribution is 2.33. The molecule has 148 valence electrons. The number of anilines is 1. The van der Waals surface area contributed by atoms with Gasteiger partial charge in [0.2, 0.25) is 5.91 Å². The molecule has 2 aromatic carbocycles. The summed E-state index contributed by atoms with van der Waals surface area (Å²) >= 11 is 0. The molecule has 4 heteroatoms. The smallest absolute Gasteiger partial charge is 0.227 e. The highest BCUT2D eigenvalue weighted by Gasteiger charge is 2.37. The number of piperidine rings is 1. The van der Waals surface area contributed by atoms with Gasteiger partial charge < -0.3 is 15.1 Å². The van der Waals surface area contributed by atoms with Crippen molar-refractivity contribution < 1.29 is 4.79 Å². The van der Waals surface area contributed by atoms with Crippen molar-refractivity contribution in [2.24, 2.45) is 5.92 Å². The van der Waals surface area contributed by atoms with Gasteiger partial charge in [0.05, 0.1) is 5.92 Å². The molecule has 2 aliphatic heterocycles. The predicted molar refractivity (Wildman–Crippen MR) is 115 cm³/mol. The Bertz CT molecular complexity index is 779. The zero-order chi connectivity index (χ0) is 19.5. The van der Waals surface area contributed by atoms with Crippen molar-refractivity contribution in [1.29, 1.82) is 0 Å². The van der Waals surface area contributed by atoms with Crippen molar-refractivity contribution in [1.82, 2.24) is 10.2 Å². The van der Waals surface area contributed by atoms with Crippen LogP contribution in [0, 0.1) is 5.92 Å². The quantitative estimate of drug-likeness (QED) is 0.886. The summed E-state index contributed by atoms with van der Waals surface area (Å²) in [5.74, 6) is 1.24.